The van der Waals surface area contributed by atoms with Gasteiger partial charge >= 0.3 is 11.9 Å². The summed E-state index contributed by atoms with van der Waals surface area (Å²) in [6.45, 7) is 4.00. The Morgan fingerprint density at radius 3 is 2.27 bits per heavy atom. The number of hydrogen-bond acceptors (Lipinski definition) is 6. The average molecular weight is 307 g/mol. The zero-order valence-electron chi connectivity index (χ0n) is 13.0. The molecule has 22 heavy (non-hydrogen) atoms. The number of methoxy groups -OCH3 is 1. The molecule has 120 valence electrons. The van der Waals surface area contributed by atoms with E-state index >= 15 is 0 Å². The maximum atomic E-state index is 11.6. The van der Waals surface area contributed by atoms with Crippen molar-refractivity contribution in [2.45, 2.75) is 20.3 Å². The zero-order valence-corrected chi connectivity index (χ0v) is 13.0. The first-order valence-electron chi connectivity index (χ1n) is 7.03. The molecular formula is C16H21NO5. The van der Waals surface area contributed by atoms with Crippen molar-refractivity contribution in [3.63, 3.8) is 0 Å². The highest BCUT2D eigenvalue weighted by Crippen LogP contribution is 2.18. The molecule has 0 saturated carbocycles. The molecule has 0 atom stereocenters. The Balaban J connectivity index is 2.83. The fraction of sp³-hybridized carbons (Fsp3) is 0.375. The minimum Gasteiger partial charge on any atom is -0.497 e. The van der Waals surface area contributed by atoms with Crippen LogP contribution in [0, 0.1) is 0 Å². The van der Waals surface area contributed by atoms with Crippen LogP contribution in [0.15, 0.2) is 36.0 Å². The minimum atomic E-state index is -0.511. The fourth-order valence-corrected chi connectivity index (χ4v) is 1.68. The van der Waals surface area contributed by atoms with Crippen molar-refractivity contribution in [1.82, 2.24) is 0 Å². The molecule has 0 amide bonds. The van der Waals surface area contributed by atoms with E-state index in [2.05, 4.69) is 5.32 Å². The van der Waals surface area contributed by atoms with Crippen LogP contribution >= 0.6 is 0 Å². The van der Waals surface area contributed by atoms with Gasteiger partial charge in [0, 0.05) is 17.5 Å². The summed E-state index contributed by atoms with van der Waals surface area (Å²) in [6.07, 6.45) is 1.21. The summed E-state index contributed by atoms with van der Waals surface area (Å²) in [5, 5.41) is 3.01. The molecule has 0 fully saturated rings. The Morgan fingerprint density at radius 2 is 1.73 bits per heavy atom. The van der Waals surface area contributed by atoms with Crippen LogP contribution < -0.4 is 10.1 Å². The lowest BCUT2D eigenvalue weighted by molar-refractivity contribution is -0.142. The first kappa shape index (κ1) is 17.6. The molecule has 0 radical (unpaired) electrons. The summed E-state index contributed by atoms with van der Waals surface area (Å²) >= 11 is 0. The van der Waals surface area contributed by atoms with Crippen molar-refractivity contribution in [2.24, 2.45) is 0 Å². The van der Waals surface area contributed by atoms with E-state index in [-0.39, 0.29) is 19.6 Å². The van der Waals surface area contributed by atoms with Gasteiger partial charge in [0.1, 0.15) is 5.75 Å². The topological polar surface area (TPSA) is 73.9 Å². The number of carbonyl (C=O) groups excluding carboxylic acids is 2. The maximum Gasteiger partial charge on any atom is 0.332 e. The fourth-order valence-electron chi connectivity index (χ4n) is 1.68. The first-order valence-corrected chi connectivity index (χ1v) is 7.03. The summed E-state index contributed by atoms with van der Waals surface area (Å²) in [5.41, 5.74) is 1.13. The van der Waals surface area contributed by atoms with Gasteiger partial charge in [0.2, 0.25) is 0 Å². The SMILES string of the molecule is CCOC(=O)/C=C(/CC(=O)OCC)Nc1ccc(OC)cc1. The lowest BCUT2D eigenvalue weighted by Crippen LogP contribution is -2.12. The van der Waals surface area contributed by atoms with Gasteiger partial charge in [0.05, 0.1) is 26.7 Å². The molecule has 0 saturated heterocycles. The molecule has 1 aromatic rings. The van der Waals surface area contributed by atoms with Gasteiger partial charge < -0.3 is 19.5 Å². The number of rotatable bonds is 8. The largest absolute Gasteiger partial charge is 0.497 e. The zero-order chi connectivity index (χ0) is 16.4. The van der Waals surface area contributed by atoms with E-state index < -0.39 is 11.9 Å². The molecule has 1 aromatic carbocycles. The summed E-state index contributed by atoms with van der Waals surface area (Å²) in [6, 6.07) is 7.11. The molecule has 0 aliphatic heterocycles. The maximum absolute atomic E-state index is 11.6. The van der Waals surface area contributed by atoms with E-state index in [1.807, 2.05) is 0 Å². The normalized spacial score (nSPS) is 10.8. The molecule has 0 heterocycles. The van der Waals surface area contributed by atoms with Crippen LogP contribution in [0.3, 0.4) is 0 Å². The van der Waals surface area contributed by atoms with Gasteiger partial charge in [-0.3, -0.25) is 4.79 Å². The van der Waals surface area contributed by atoms with E-state index in [0.29, 0.717) is 11.4 Å². The highest BCUT2D eigenvalue weighted by Gasteiger charge is 2.10. The number of benzene rings is 1. The summed E-state index contributed by atoms with van der Waals surface area (Å²) in [5.74, 6) is -0.214. The van der Waals surface area contributed by atoms with Gasteiger partial charge in [0.15, 0.2) is 0 Å². The van der Waals surface area contributed by atoms with Crippen LogP contribution in [0.4, 0.5) is 5.69 Å². The number of esters is 2. The second-order valence-corrected chi connectivity index (χ2v) is 4.26. The van der Waals surface area contributed by atoms with Gasteiger partial charge in [-0.2, -0.15) is 0 Å². The van der Waals surface area contributed by atoms with Crippen LogP contribution in [-0.2, 0) is 19.1 Å². The van der Waals surface area contributed by atoms with Crippen molar-refractivity contribution in [3.05, 3.63) is 36.0 Å². The molecule has 1 N–H and O–H groups in total. The monoisotopic (exact) mass is 307 g/mol. The Kier molecular flexibility index (Phi) is 7.53. The van der Waals surface area contributed by atoms with Gasteiger partial charge in [-0.05, 0) is 38.1 Å². The third-order valence-corrected chi connectivity index (χ3v) is 2.61. The van der Waals surface area contributed by atoms with E-state index in [1.54, 1.807) is 45.2 Å². The third-order valence-electron chi connectivity index (χ3n) is 2.61. The first-order chi connectivity index (χ1) is 10.6. The van der Waals surface area contributed by atoms with Crippen LogP contribution in [0.1, 0.15) is 20.3 Å². The molecule has 0 aromatic heterocycles. The van der Waals surface area contributed by atoms with Crippen LogP contribution in [-0.4, -0.2) is 32.3 Å². The van der Waals surface area contributed by atoms with Crippen molar-refractivity contribution in [1.29, 1.82) is 0 Å². The van der Waals surface area contributed by atoms with Gasteiger partial charge in [-0.25, -0.2) is 4.79 Å². The van der Waals surface area contributed by atoms with Crippen LogP contribution in [0.25, 0.3) is 0 Å². The molecule has 0 aliphatic rings. The average Bonchev–Trinajstić information content (AvgIpc) is 2.48. The van der Waals surface area contributed by atoms with E-state index in [4.69, 9.17) is 14.2 Å². The predicted molar refractivity (Wildman–Crippen MR) is 82.6 cm³/mol. The van der Waals surface area contributed by atoms with Gasteiger partial charge in [-0.15, -0.1) is 0 Å². The van der Waals surface area contributed by atoms with E-state index in [0.717, 1.165) is 5.69 Å². The van der Waals surface area contributed by atoms with Gasteiger partial charge in [-0.1, -0.05) is 0 Å². The Hall–Kier alpha value is -2.50. The second kappa shape index (κ2) is 9.44. The molecule has 6 heteroatoms. The lowest BCUT2D eigenvalue weighted by atomic mass is 10.2. The number of hydrogen-bond donors (Lipinski definition) is 1. The number of nitrogens with one attached hydrogen (secondary N) is 1. The molecule has 0 spiro atoms. The van der Waals surface area contributed by atoms with Crippen molar-refractivity contribution in [2.75, 3.05) is 25.6 Å². The summed E-state index contributed by atoms with van der Waals surface area (Å²) < 4.78 is 14.8. The smallest absolute Gasteiger partial charge is 0.332 e. The van der Waals surface area contributed by atoms with Gasteiger partial charge in [0.25, 0.3) is 0 Å². The lowest BCUT2D eigenvalue weighted by Gasteiger charge is -2.11. The predicted octanol–water partition coefficient (Wildman–Crippen LogP) is 2.51. The summed E-state index contributed by atoms with van der Waals surface area (Å²) in [7, 11) is 1.58. The highest BCUT2D eigenvalue weighted by molar-refractivity contribution is 5.85. The number of anilines is 1. The van der Waals surface area contributed by atoms with Crippen LogP contribution in [0.5, 0.6) is 5.75 Å². The Bertz CT molecular complexity index is 522. The standard InChI is InChI=1S/C16H21NO5/c1-4-21-15(18)10-13(11-16(19)22-5-2)17-12-6-8-14(20-3)9-7-12/h6-10,17H,4-5,11H2,1-3H3/b13-10-. The molecule has 0 unspecified atom stereocenters. The van der Waals surface area contributed by atoms with E-state index in [9.17, 15) is 9.59 Å². The molecular weight excluding hydrogens is 286 g/mol. The quantitative estimate of drug-likeness (QED) is 0.587. The Labute approximate surface area is 130 Å². The second-order valence-electron chi connectivity index (χ2n) is 4.26. The van der Waals surface area contributed by atoms with E-state index in [1.165, 1.54) is 6.08 Å². The molecule has 1 rings (SSSR count). The molecule has 6 nitrogen and oxygen atoms in total. The molecule has 0 aliphatic carbocycles. The Morgan fingerprint density at radius 1 is 1.09 bits per heavy atom. The van der Waals surface area contributed by atoms with Crippen molar-refractivity contribution in [3.8, 4) is 5.75 Å². The highest BCUT2D eigenvalue weighted by atomic mass is 16.5. The van der Waals surface area contributed by atoms with Crippen LogP contribution in [0.2, 0.25) is 0 Å². The third kappa shape index (κ3) is 6.30. The minimum absolute atomic E-state index is 0.0430. The molecule has 0 bridgehead atoms. The number of carbonyl (C=O) groups is 2. The summed E-state index contributed by atoms with van der Waals surface area (Å²) in [4.78, 5) is 23.2. The van der Waals surface area contributed by atoms with Crippen molar-refractivity contribution >= 4 is 17.6 Å². The number of ether oxygens (including phenoxy) is 3. The van der Waals surface area contributed by atoms with Crippen molar-refractivity contribution < 1.29 is 23.8 Å².